The molecule has 2 rings (SSSR count). The molecule has 2 N–H and O–H groups in total. The highest BCUT2D eigenvalue weighted by molar-refractivity contribution is 5.74. The average Bonchev–Trinajstić information content (AvgIpc) is 2.66. The maximum Gasteiger partial charge on any atom is 0.219 e. The van der Waals surface area contributed by atoms with Gasteiger partial charge in [-0.2, -0.15) is 0 Å². The van der Waals surface area contributed by atoms with Crippen molar-refractivity contribution in [1.29, 1.82) is 0 Å². The minimum absolute atomic E-state index is 0.138. The van der Waals surface area contributed by atoms with E-state index in [0.29, 0.717) is 5.82 Å². The number of nitrogens with zero attached hydrogens (tertiary/aromatic N) is 2. The third-order valence-electron chi connectivity index (χ3n) is 3.19. The first-order chi connectivity index (χ1) is 7.59. The Bertz CT molecular complexity index is 417. The highest BCUT2D eigenvalue weighted by atomic mass is 16.2. The van der Waals surface area contributed by atoms with Crippen LogP contribution in [0.4, 0.5) is 5.82 Å². The third-order valence-corrected chi connectivity index (χ3v) is 3.19. The van der Waals surface area contributed by atoms with Crippen LogP contribution in [0.3, 0.4) is 0 Å². The molecule has 1 amide bonds. The van der Waals surface area contributed by atoms with E-state index in [1.54, 1.807) is 13.1 Å². The van der Waals surface area contributed by atoms with Gasteiger partial charge in [-0.05, 0) is 37.0 Å². The Hall–Kier alpha value is -1.58. The second-order valence-electron chi connectivity index (χ2n) is 4.34. The van der Waals surface area contributed by atoms with Crippen LogP contribution < -0.4 is 5.73 Å². The number of hydrogen-bond acceptors (Lipinski definition) is 3. The minimum Gasteiger partial charge on any atom is -0.384 e. The highest BCUT2D eigenvalue weighted by Gasteiger charge is 2.28. The van der Waals surface area contributed by atoms with Gasteiger partial charge in [-0.3, -0.25) is 4.79 Å². The van der Waals surface area contributed by atoms with Gasteiger partial charge < -0.3 is 10.6 Å². The zero-order valence-corrected chi connectivity index (χ0v) is 9.73. The van der Waals surface area contributed by atoms with Crippen LogP contribution >= 0.6 is 0 Å². The number of nitrogen functional groups attached to an aromatic ring is 1. The maximum atomic E-state index is 11.5. The summed E-state index contributed by atoms with van der Waals surface area (Å²) in [6, 6.07) is 2.05. The molecular weight excluding hydrogens is 202 g/mol. The number of hydrogen-bond donors (Lipinski definition) is 1. The summed E-state index contributed by atoms with van der Waals surface area (Å²) in [7, 11) is 0. The summed E-state index contributed by atoms with van der Waals surface area (Å²) < 4.78 is 0. The van der Waals surface area contributed by atoms with Gasteiger partial charge in [0, 0.05) is 19.7 Å². The topological polar surface area (TPSA) is 59.2 Å². The quantitative estimate of drug-likeness (QED) is 0.781. The monoisotopic (exact) mass is 219 g/mol. The Kier molecular flexibility index (Phi) is 2.81. The minimum atomic E-state index is 0.138. The van der Waals surface area contributed by atoms with Gasteiger partial charge in [0.2, 0.25) is 5.91 Å². The lowest BCUT2D eigenvalue weighted by Gasteiger charge is -2.24. The van der Waals surface area contributed by atoms with Crippen molar-refractivity contribution in [2.24, 2.45) is 0 Å². The predicted molar refractivity (Wildman–Crippen MR) is 62.7 cm³/mol. The van der Waals surface area contributed by atoms with Crippen molar-refractivity contribution in [3.63, 3.8) is 0 Å². The van der Waals surface area contributed by atoms with E-state index in [2.05, 4.69) is 4.98 Å². The van der Waals surface area contributed by atoms with Crippen LogP contribution in [-0.4, -0.2) is 22.3 Å². The van der Waals surface area contributed by atoms with Crippen LogP contribution in [0.15, 0.2) is 12.3 Å². The number of amides is 1. The first kappa shape index (κ1) is 10.9. The normalized spacial score (nSPS) is 20.1. The van der Waals surface area contributed by atoms with E-state index < -0.39 is 0 Å². The molecule has 4 nitrogen and oxygen atoms in total. The smallest absolute Gasteiger partial charge is 0.219 e. The van der Waals surface area contributed by atoms with Crippen LogP contribution in [0.25, 0.3) is 0 Å². The largest absolute Gasteiger partial charge is 0.384 e. The Morgan fingerprint density at radius 2 is 2.38 bits per heavy atom. The van der Waals surface area contributed by atoms with Crippen LogP contribution in [0, 0.1) is 6.92 Å². The lowest BCUT2D eigenvalue weighted by molar-refractivity contribution is -0.129. The van der Waals surface area contributed by atoms with Gasteiger partial charge in [-0.15, -0.1) is 0 Å². The second-order valence-corrected chi connectivity index (χ2v) is 4.34. The number of anilines is 1. The lowest BCUT2D eigenvalue weighted by atomic mass is 10.0. The van der Waals surface area contributed by atoms with Gasteiger partial charge >= 0.3 is 0 Å². The molecule has 2 heterocycles. The van der Waals surface area contributed by atoms with E-state index in [9.17, 15) is 4.79 Å². The molecule has 0 aromatic carbocycles. The van der Waals surface area contributed by atoms with Crippen LogP contribution in [0.2, 0.25) is 0 Å². The fourth-order valence-electron chi connectivity index (χ4n) is 2.40. The molecule has 1 atom stereocenters. The van der Waals surface area contributed by atoms with Crippen molar-refractivity contribution in [1.82, 2.24) is 9.88 Å². The van der Waals surface area contributed by atoms with Crippen molar-refractivity contribution in [3.8, 4) is 0 Å². The van der Waals surface area contributed by atoms with Crippen molar-refractivity contribution >= 4 is 11.7 Å². The fraction of sp³-hybridized carbons (Fsp3) is 0.500. The molecular formula is C12H17N3O. The molecule has 1 aromatic heterocycles. The van der Waals surface area contributed by atoms with Gasteiger partial charge in [-0.25, -0.2) is 4.98 Å². The maximum absolute atomic E-state index is 11.5. The molecule has 1 saturated heterocycles. The van der Waals surface area contributed by atoms with E-state index in [0.717, 1.165) is 30.5 Å². The molecule has 0 aliphatic carbocycles. The van der Waals surface area contributed by atoms with E-state index in [1.807, 2.05) is 17.9 Å². The number of carbonyl (C=O) groups excluding carboxylic acids is 1. The number of rotatable bonds is 1. The molecule has 16 heavy (non-hydrogen) atoms. The Balaban J connectivity index is 2.32. The van der Waals surface area contributed by atoms with Crippen molar-refractivity contribution < 1.29 is 4.79 Å². The highest BCUT2D eigenvalue weighted by Crippen LogP contribution is 2.33. The zero-order chi connectivity index (χ0) is 11.7. The first-order valence-electron chi connectivity index (χ1n) is 5.59. The molecule has 0 spiro atoms. The zero-order valence-electron chi connectivity index (χ0n) is 9.73. The molecule has 1 aliphatic rings. The molecule has 0 radical (unpaired) electrons. The summed E-state index contributed by atoms with van der Waals surface area (Å²) in [5.74, 6) is 0.673. The van der Waals surface area contributed by atoms with Crippen molar-refractivity contribution in [2.45, 2.75) is 32.7 Å². The van der Waals surface area contributed by atoms with Crippen LogP contribution in [-0.2, 0) is 4.79 Å². The van der Waals surface area contributed by atoms with Crippen LogP contribution in [0.1, 0.15) is 36.9 Å². The van der Waals surface area contributed by atoms with E-state index >= 15 is 0 Å². The van der Waals surface area contributed by atoms with Gasteiger partial charge in [0.15, 0.2) is 0 Å². The summed E-state index contributed by atoms with van der Waals surface area (Å²) in [6.45, 7) is 4.49. The molecule has 4 heteroatoms. The molecule has 1 aliphatic heterocycles. The lowest BCUT2D eigenvalue weighted by Crippen LogP contribution is -2.28. The van der Waals surface area contributed by atoms with Crippen molar-refractivity contribution in [2.75, 3.05) is 12.3 Å². The second kappa shape index (κ2) is 4.12. The third kappa shape index (κ3) is 1.87. The summed E-state index contributed by atoms with van der Waals surface area (Å²) in [6.07, 6.45) is 3.89. The van der Waals surface area contributed by atoms with E-state index in [1.165, 1.54) is 0 Å². The summed E-state index contributed by atoms with van der Waals surface area (Å²) in [5.41, 5.74) is 7.87. The molecule has 0 bridgehead atoms. The van der Waals surface area contributed by atoms with Gasteiger partial charge in [0.05, 0.1) is 6.04 Å². The van der Waals surface area contributed by atoms with E-state index in [-0.39, 0.29) is 11.9 Å². The molecule has 1 aromatic rings. The molecule has 1 fully saturated rings. The fourth-order valence-corrected chi connectivity index (χ4v) is 2.40. The predicted octanol–water partition coefficient (Wildman–Crippen LogP) is 1.66. The van der Waals surface area contributed by atoms with E-state index in [4.69, 9.17) is 5.73 Å². The first-order valence-corrected chi connectivity index (χ1v) is 5.59. The van der Waals surface area contributed by atoms with Gasteiger partial charge in [0.1, 0.15) is 5.82 Å². The number of nitrogens with two attached hydrogens (primary N) is 1. The van der Waals surface area contributed by atoms with Crippen molar-refractivity contribution in [3.05, 3.63) is 23.4 Å². The summed E-state index contributed by atoms with van der Waals surface area (Å²) in [5, 5.41) is 0. The summed E-state index contributed by atoms with van der Waals surface area (Å²) in [4.78, 5) is 17.5. The SMILES string of the molecule is CC(=O)N1CCCC1c1cnc(N)cc1C. The van der Waals surface area contributed by atoms with Crippen LogP contribution in [0.5, 0.6) is 0 Å². The number of pyridine rings is 1. The Morgan fingerprint density at radius 1 is 1.62 bits per heavy atom. The Morgan fingerprint density at radius 3 is 3.00 bits per heavy atom. The summed E-state index contributed by atoms with van der Waals surface area (Å²) >= 11 is 0. The Labute approximate surface area is 95.5 Å². The molecule has 1 unspecified atom stereocenters. The number of aryl methyl sites for hydroxylation is 1. The molecule has 0 saturated carbocycles. The number of aromatic nitrogens is 1. The standard InChI is InChI=1S/C12H17N3O/c1-8-6-12(13)14-7-10(8)11-4-3-5-15(11)9(2)16/h6-7,11H,3-5H2,1-2H3,(H2,13,14). The number of carbonyl (C=O) groups is 1. The molecule has 86 valence electrons. The van der Waals surface area contributed by atoms with Gasteiger partial charge in [-0.1, -0.05) is 0 Å². The number of likely N-dealkylation sites (tertiary alicyclic amines) is 1. The van der Waals surface area contributed by atoms with Gasteiger partial charge in [0.25, 0.3) is 0 Å². The average molecular weight is 219 g/mol.